The Morgan fingerprint density at radius 1 is 1.08 bits per heavy atom. The first-order valence-corrected chi connectivity index (χ1v) is 9.77. The van der Waals surface area contributed by atoms with Gasteiger partial charge in [-0.2, -0.15) is 0 Å². The largest absolute Gasteiger partial charge is 0.312 e. The normalized spacial score (nSPS) is 12.6. The van der Waals surface area contributed by atoms with Gasteiger partial charge in [-0.25, -0.2) is 8.42 Å². The number of halogens is 1. The molecule has 6 heteroatoms. The van der Waals surface area contributed by atoms with Gasteiger partial charge in [-0.05, 0) is 37.6 Å². The van der Waals surface area contributed by atoms with Crippen molar-refractivity contribution in [2.45, 2.75) is 24.9 Å². The number of nitrogens with zero attached hydrogens (tertiary/aromatic N) is 1. The highest BCUT2D eigenvalue weighted by Crippen LogP contribution is 2.22. The summed E-state index contributed by atoms with van der Waals surface area (Å²) >= 11 is 6.04. The Balaban J connectivity index is 2.24. The zero-order chi connectivity index (χ0) is 17.7. The van der Waals surface area contributed by atoms with Gasteiger partial charge in [0.2, 0.25) is 5.91 Å². The number of sulfone groups is 1. The Kier molecular flexibility index (Phi) is 6.02. The third-order valence-corrected chi connectivity index (χ3v) is 6.21. The molecule has 0 spiro atoms. The van der Waals surface area contributed by atoms with Gasteiger partial charge in [0.05, 0.1) is 5.75 Å². The summed E-state index contributed by atoms with van der Waals surface area (Å²) in [7, 11) is -3.67. The zero-order valence-corrected chi connectivity index (χ0v) is 15.2. The van der Waals surface area contributed by atoms with Crippen LogP contribution in [0.2, 0.25) is 5.02 Å². The number of hydrogen-bond donors (Lipinski definition) is 0. The average molecular weight is 366 g/mol. The smallest absolute Gasteiger partial charge is 0.245 e. The first-order chi connectivity index (χ1) is 11.4. The van der Waals surface area contributed by atoms with E-state index in [1.54, 1.807) is 36.4 Å². The number of hydrogen-bond acceptors (Lipinski definition) is 3. The van der Waals surface area contributed by atoms with Crippen molar-refractivity contribution in [2.24, 2.45) is 0 Å². The Morgan fingerprint density at radius 3 is 2.25 bits per heavy atom. The van der Waals surface area contributed by atoms with Gasteiger partial charge >= 0.3 is 0 Å². The minimum atomic E-state index is -3.67. The number of amides is 1. The van der Waals surface area contributed by atoms with E-state index in [9.17, 15) is 13.2 Å². The molecule has 0 radical (unpaired) electrons. The van der Waals surface area contributed by atoms with Gasteiger partial charge in [-0.1, -0.05) is 48.0 Å². The topological polar surface area (TPSA) is 54.5 Å². The highest BCUT2D eigenvalue weighted by Gasteiger charge is 2.32. The molecule has 0 fully saturated rings. The molecule has 0 aliphatic rings. The minimum absolute atomic E-state index is 0.258. The second kappa shape index (κ2) is 7.81. The summed E-state index contributed by atoms with van der Waals surface area (Å²) < 4.78 is 25.3. The van der Waals surface area contributed by atoms with Gasteiger partial charge in [0.25, 0.3) is 0 Å². The molecule has 128 valence electrons. The molecule has 0 saturated carbocycles. The molecule has 1 amide bonds. The van der Waals surface area contributed by atoms with Crippen LogP contribution >= 0.6 is 11.6 Å². The third kappa shape index (κ3) is 4.16. The monoisotopic (exact) mass is 365 g/mol. The molecule has 0 bridgehead atoms. The van der Waals surface area contributed by atoms with Crippen LogP contribution in [0.3, 0.4) is 0 Å². The van der Waals surface area contributed by atoms with Gasteiger partial charge in [-0.15, -0.1) is 0 Å². The van der Waals surface area contributed by atoms with Gasteiger partial charge in [-0.3, -0.25) is 4.79 Å². The van der Waals surface area contributed by atoms with E-state index in [0.717, 1.165) is 0 Å². The van der Waals surface area contributed by atoms with Crippen molar-refractivity contribution in [2.75, 3.05) is 11.4 Å². The highest BCUT2D eigenvalue weighted by atomic mass is 35.5. The molecule has 1 atom stereocenters. The van der Waals surface area contributed by atoms with Crippen LogP contribution in [-0.4, -0.2) is 26.1 Å². The van der Waals surface area contributed by atoms with Crippen molar-refractivity contribution >= 4 is 33.0 Å². The Morgan fingerprint density at radius 2 is 1.67 bits per heavy atom. The summed E-state index contributed by atoms with van der Waals surface area (Å²) in [5.74, 6) is -0.692. The zero-order valence-electron chi connectivity index (χ0n) is 13.6. The maximum atomic E-state index is 12.7. The number of benzene rings is 2. The number of anilines is 1. The molecule has 2 aromatic rings. The van der Waals surface area contributed by atoms with Crippen molar-refractivity contribution in [1.29, 1.82) is 0 Å². The van der Waals surface area contributed by atoms with Gasteiger partial charge in [0.1, 0.15) is 5.25 Å². The summed E-state index contributed by atoms with van der Waals surface area (Å²) in [5.41, 5.74) is 1.19. The number of para-hydroxylation sites is 1. The van der Waals surface area contributed by atoms with E-state index in [1.165, 1.54) is 11.8 Å². The second-order valence-corrected chi connectivity index (χ2v) is 8.19. The SMILES string of the molecule is CCN(C(=O)[C@H](C)S(=O)(=O)Cc1ccccc1Cl)c1ccccc1. The van der Waals surface area contributed by atoms with Crippen molar-refractivity contribution in [1.82, 2.24) is 0 Å². The fourth-order valence-electron chi connectivity index (χ4n) is 2.40. The van der Waals surface area contributed by atoms with Gasteiger partial charge < -0.3 is 4.90 Å². The predicted octanol–water partition coefficient (Wildman–Crippen LogP) is 3.70. The molecule has 2 rings (SSSR count). The Labute approximate surface area is 148 Å². The number of carbonyl (C=O) groups is 1. The van der Waals surface area contributed by atoms with E-state index in [0.29, 0.717) is 22.8 Å². The maximum Gasteiger partial charge on any atom is 0.245 e. The van der Waals surface area contributed by atoms with Gasteiger partial charge in [0.15, 0.2) is 9.84 Å². The van der Waals surface area contributed by atoms with Crippen LogP contribution in [0.4, 0.5) is 5.69 Å². The van der Waals surface area contributed by atoms with Crippen LogP contribution in [0, 0.1) is 0 Å². The van der Waals surface area contributed by atoms with Crippen LogP contribution in [0.5, 0.6) is 0 Å². The molecule has 0 unspecified atom stereocenters. The summed E-state index contributed by atoms with van der Waals surface area (Å²) in [4.78, 5) is 14.2. The summed E-state index contributed by atoms with van der Waals surface area (Å²) in [6, 6.07) is 15.8. The van der Waals surface area contributed by atoms with Crippen LogP contribution in [0.25, 0.3) is 0 Å². The second-order valence-electron chi connectivity index (χ2n) is 5.46. The fraction of sp³-hybridized carbons (Fsp3) is 0.278. The van der Waals surface area contributed by atoms with Gasteiger partial charge in [0, 0.05) is 17.3 Å². The Hall–Kier alpha value is -1.85. The highest BCUT2D eigenvalue weighted by molar-refractivity contribution is 7.92. The average Bonchev–Trinajstić information content (AvgIpc) is 2.57. The third-order valence-electron chi connectivity index (χ3n) is 3.85. The van der Waals surface area contributed by atoms with E-state index in [1.807, 2.05) is 25.1 Å². The maximum absolute atomic E-state index is 12.7. The number of rotatable bonds is 6. The van der Waals surface area contributed by atoms with Crippen LogP contribution in [0.1, 0.15) is 19.4 Å². The van der Waals surface area contributed by atoms with E-state index in [4.69, 9.17) is 11.6 Å². The van der Waals surface area contributed by atoms with E-state index in [2.05, 4.69) is 0 Å². The molecule has 0 aliphatic heterocycles. The lowest BCUT2D eigenvalue weighted by molar-refractivity contribution is -0.117. The number of carbonyl (C=O) groups excluding carboxylic acids is 1. The van der Waals surface area contributed by atoms with E-state index in [-0.39, 0.29) is 5.75 Å². The lowest BCUT2D eigenvalue weighted by Gasteiger charge is -2.24. The summed E-state index contributed by atoms with van der Waals surface area (Å²) in [6.45, 7) is 3.65. The van der Waals surface area contributed by atoms with Crippen molar-refractivity contribution < 1.29 is 13.2 Å². The van der Waals surface area contributed by atoms with Crippen molar-refractivity contribution in [3.8, 4) is 0 Å². The lowest BCUT2D eigenvalue weighted by atomic mass is 10.2. The first-order valence-electron chi connectivity index (χ1n) is 7.68. The quantitative estimate of drug-likeness (QED) is 0.784. The van der Waals surface area contributed by atoms with Crippen molar-refractivity contribution in [3.63, 3.8) is 0 Å². The minimum Gasteiger partial charge on any atom is -0.312 e. The molecular formula is C18H20ClNO3S. The standard InChI is InChI=1S/C18H20ClNO3S/c1-3-20(16-10-5-4-6-11-16)18(21)14(2)24(22,23)13-15-9-7-8-12-17(15)19/h4-12,14H,3,13H2,1-2H3/t14-/m0/s1. The molecule has 0 heterocycles. The predicted molar refractivity (Wildman–Crippen MR) is 98.0 cm³/mol. The first kappa shape index (κ1) is 18.5. The molecular weight excluding hydrogens is 346 g/mol. The molecule has 2 aromatic carbocycles. The van der Waals surface area contributed by atoms with Crippen LogP contribution in [0.15, 0.2) is 54.6 Å². The molecule has 0 aromatic heterocycles. The molecule has 0 N–H and O–H groups in total. The molecule has 24 heavy (non-hydrogen) atoms. The lowest BCUT2D eigenvalue weighted by Crippen LogP contribution is -2.42. The van der Waals surface area contributed by atoms with Crippen LogP contribution in [-0.2, 0) is 20.4 Å². The van der Waals surface area contributed by atoms with E-state index >= 15 is 0 Å². The van der Waals surface area contributed by atoms with Crippen LogP contribution < -0.4 is 4.90 Å². The molecule has 0 saturated heterocycles. The summed E-state index contributed by atoms with van der Waals surface area (Å²) in [5, 5.41) is -0.759. The van der Waals surface area contributed by atoms with Crippen molar-refractivity contribution in [3.05, 3.63) is 65.2 Å². The fourth-order valence-corrected chi connectivity index (χ4v) is 4.06. The summed E-state index contributed by atoms with van der Waals surface area (Å²) in [6.07, 6.45) is 0. The Bertz CT molecular complexity index is 806. The molecule has 0 aliphatic carbocycles. The van der Waals surface area contributed by atoms with E-state index < -0.39 is 21.0 Å². The molecule has 4 nitrogen and oxygen atoms in total.